The summed E-state index contributed by atoms with van der Waals surface area (Å²) in [6, 6.07) is 6.39. The van der Waals surface area contributed by atoms with Crippen molar-refractivity contribution in [3.8, 4) is 5.75 Å². The maximum absolute atomic E-state index is 6.03. The van der Waals surface area contributed by atoms with Gasteiger partial charge < -0.3 is 15.2 Å². The number of aryl methyl sites for hydroxylation is 1. The number of nitrogens with two attached hydrogens (primary N) is 1. The smallest absolute Gasteiger partial charge is 0.123 e. The lowest BCUT2D eigenvalue weighted by atomic mass is 9.85. The summed E-state index contributed by atoms with van der Waals surface area (Å²) >= 11 is 0. The van der Waals surface area contributed by atoms with Gasteiger partial charge in [0.2, 0.25) is 0 Å². The number of benzene rings is 1. The van der Waals surface area contributed by atoms with E-state index in [0.717, 1.165) is 18.6 Å². The molecule has 3 nitrogen and oxygen atoms in total. The van der Waals surface area contributed by atoms with E-state index < -0.39 is 0 Å². The lowest BCUT2D eigenvalue weighted by Crippen LogP contribution is -2.24. The van der Waals surface area contributed by atoms with Crippen molar-refractivity contribution in [2.45, 2.75) is 58.2 Å². The van der Waals surface area contributed by atoms with Gasteiger partial charge in [0.05, 0.1) is 12.2 Å². The maximum Gasteiger partial charge on any atom is 0.123 e. The zero-order valence-corrected chi connectivity index (χ0v) is 13.1. The van der Waals surface area contributed by atoms with E-state index in [1.54, 1.807) is 0 Å². The predicted octanol–water partition coefficient (Wildman–Crippen LogP) is 3.18. The molecule has 2 rings (SSSR count). The summed E-state index contributed by atoms with van der Waals surface area (Å²) in [5, 5.41) is 0. The van der Waals surface area contributed by atoms with Crippen LogP contribution in [0.1, 0.15) is 44.7 Å². The molecule has 2 unspecified atom stereocenters. The van der Waals surface area contributed by atoms with Crippen molar-refractivity contribution in [3.05, 3.63) is 29.3 Å². The second kappa shape index (κ2) is 6.15. The molecule has 1 heterocycles. The Labute approximate surface area is 122 Å². The minimum Gasteiger partial charge on any atom is -0.491 e. The molecule has 0 aliphatic carbocycles. The Morgan fingerprint density at radius 2 is 1.95 bits per heavy atom. The Morgan fingerprint density at radius 1 is 1.25 bits per heavy atom. The molecule has 1 fully saturated rings. The van der Waals surface area contributed by atoms with Crippen LogP contribution in [0.2, 0.25) is 0 Å². The third kappa shape index (κ3) is 3.74. The largest absolute Gasteiger partial charge is 0.491 e. The molecule has 2 N–H and O–H groups in total. The minimum atomic E-state index is 0.0810. The highest BCUT2D eigenvalue weighted by atomic mass is 16.5. The second-order valence-electron chi connectivity index (χ2n) is 6.75. The first-order chi connectivity index (χ1) is 9.40. The van der Waals surface area contributed by atoms with E-state index in [1.165, 1.54) is 11.1 Å². The van der Waals surface area contributed by atoms with Crippen LogP contribution in [0.4, 0.5) is 0 Å². The van der Waals surface area contributed by atoms with Crippen molar-refractivity contribution in [2.75, 3.05) is 13.2 Å². The Hall–Kier alpha value is -1.06. The molecule has 1 aliphatic rings. The first kappa shape index (κ1) is 15.3. The molecule has 20 heavy (non-hydrogen) atoms. The molecule has 1 aromatic rings. The number of ether oxygens (including phenoxy) is 2. The zero-order valence-electron chi connectivity index (χ0n) is 13.1. The Morgan fingerprint density at radius 3 is 2.55 bits per heavy atom. The van der Waals surface area contributed by atoms with E-state index in [2.05, 4.69) is 45.9 Å². The zero-order chi connectivity index (χ0) is 14.8. The highest BCUT2D eigenvalue weighted by Gasteiger charge is 2.25. The van der Waals surface area contributed by atoms with Gasteiger partial charge in [0.1, 0.15) is 12.4 Å². The van der Waals surface area contributed by atoms with Gasteiger partial charge in [-0.25, -0.2) is 0 Å². The topological polar surface area (TPSA) is 44.5 Å². The van der Waals surface area contributed by atoms with Crippen LogP contribution in [0.5, 0.6) is 5.75 Å². The monoisotopic (exact) mass is 277 g/mol. The number of hydrogen-bond acceptors (Lipinski definition) is 3. The maximum atomic E-state index is 6.03. The van der Waals surface area contributed by atoms with Crippen LogP contribution in [0.25, 0.3) is 0 Å². The van der Waals surface area contributed by atoms with Gasteiger partial charge in [-0.3, -0.25) is 0 Å². The SMILES string of the molecule is Cc1ccc(OCC2CCC(CN)O2)c(C(C)(C)C)c1. The van der Waals surface area contributed by atoms with Crippen LogP contribution in [-0.2, 0) is 10.2 Å². The fourth-order valence-electron chi connectivity index (χ4n) is 2.61. The summed E-state index contributed by atoms with van der Waals surface area (Å²) < 4.78 is 11.9. The van der Waals surface area contributed by atoms with Gasteiger partial charge in [-0.15, -0.1) is 0 Å². The quantitative estimate of drug-likeness (QED) is 0.919. The molecule has 0 radical (unpaired) electrons. The van der Waals surface area contributed by atoms with E-state index in [0.29, 0.717) is 13.2 Å². The van der Waals surface area contributed by atoms with E-state index in [9.17, 15) is 0 Å². The highest BCUT2D eigenvalue weighted by Crippen LogP contribution is 2.32. The Balaban J connectivity index is 2.03. The minimum absolute atomic E-state index is 0.0810. The van der Waals surface area contributed by atoms with Crippen LogP contribution < -0.4 is 10.5 Å². The van der Waals surface area contributed by atoms with E-state index in [-0.39, 0.29) is 17.6 Å². The van der Waals surface area contributed by atoms with Gasteiger partial charge in [0, 0.05) is 6.54 Å². The molecule has 3 heteroatoms. The van der Waals surface area contributed by atoms with Gasteiger partial charge in [-0.1, -0.05) is 38.5 Å². The van der Waals surface area contributed by atoms with Crippen LogP contribution >= 0.6 is 0 Å². The van der Waals surface area contributed by atoms with Gasteiger partial charge in [0.25, 0.3) is 0 Å². The van der Waals surface area contributed by atoms with Crippen LogP contribution in [-0.4, -0.2) is 25.4 Å². The summed E-state index contributed by atoms with van der Waals surface area (Å²) in [7, 11) is 0. The molecule has 0 bridgehead atoms. The summed E-state index contributed by atoms with van der Waals surface area (Å²) in [5.41, 5.74) is 8.24. The molecule has 0 spiro atoms. The first-order valence-corrected chi connectivity index (χ1v) is 7.49. The molecule has 2 atom stereocenters. The Bertz CT molecular complexity index is 451. The number of rotatable bonds is 4. The molecule has 0 amide bonds. The van der Waals surface area contributed by atoms with Gasteiger partial charge >= 0.3 is 0 Å². The molecule has 0 aromatic heterocycles. The van der Waals surface area contributed by atoms with Crippen LogP contribution in [0, 0.1) is 6.92 Å². The summed E-state index contributed by atoms with van der Waals surface area (Å²) in [6.07, 6.45) is 2.48. The summed E-state index contributed by atoms with van der Waals surface area (Å²) in [6.45, 7) is 9.98. The molecule has 1 saturated heterocycles. The van der Waals surface area contributed by atoms with Crippen molar-refractivity contribution in [3.63, 3.8) is 0 Å². The fraction of sp³-hybridized carbons (Fsp3) is 0.647. The summed E-state index contributed by atoms with van der Waals surface area (Å²) in [5.74, 6) is 0.975. The van der Waals surface area contributed by atoms with Crippen molar-refractivity contribution < 1.29 is 9.47 Å². The van der Waals surface area contributed by atoms with Crippen LogP contribution in [0.15, 0.2) is 18.2 Å². The van der Waals surface area contributed by atoms with Crippen LogP contribution in [0.3, 0.4) is 0 Å². The van der Waals surface area contributed by atoms with Crippen molar-refractivity contribution in [1.82, 2.24) is 0 Å². The molecule has 1 aromatic carbocycles. The average Bonchev–Trinajstić information content (AvgIpc) is 2.84. The Kier molecular flexibility index (Phi) is 4.71. The highest BCUT2D eigenvalue weighted by molar-refractivity contribution is 5.41. The van der Waals surface area contributed by atoms with Gasteiger partial charge in [-0.05, 0) is 36.8 Å². The summed E-state index contributed by atoms with van der Waals surface area (Å²) in [4.78, 5) is 0. The van der Waals surface area contributed by atoms with Crippen molar-refractivity contribution in [2.24, 2.45) is 5.73 Å². The fourth-order valence-corrected chi connectivity index (χ4v) is 2.61. The predicted molar refractivity (Wildman–Crippen MR) is 82.3 cm³/mol. The van der Waals surface area contributed by atoms with Crippen molar-refractivity contribution in [1.29, 1.82) is 0 Å². The van der Waals surface area contributed by atoms with E-state index >= 15 is 0 Å². The van der Waals surface area contributed by atoms with E-state index in [4.69, 9.17) is 15.2 Å². The second-order valence-corrected chi connectivity index (χ2v) is 6.75. The lowest BCUT2D eigenvalue weighted by molar-refractivity contribution is 0.0218. The van der Waals surface area contributed by atoms with E-state index in [1.807, 2.05) is 0 Å². The molecule has 112 valence electrons. The third-order valence-corrected chi connectivity index (χ3v) is 3.83. The molecular weight excluding hydrogens is 250 g/mol. The average molecular weight is 277 g/mol. The number of hydrogen-bond donors (Lipinski definition) is 1. The normalized spacial score (nSPS) is 23.1. The molecule has 0 saturated carbocycles. The molecule has 1 aliphatic heterocycles. The van der Waals surface area contributed by atoms with Gasteiger partial charge in [0.15, 0.2) is 0 Å². The lowest BCUT2D eigenvalue weighted by Gasteiger charge is -2.24. The molecular formula is C17H27NO2. The first-order valence-electron chi connectivity index (χ1n) is 7.49. The van der Waals surface area contributed by atoms with Gasteiger partial charge in [-0.2, -0.15) is 0 Å². The van der Waals surface area contributed by atoms with Crippen molar-refractivity contribution >= 4 is 0 Å². The standard InChI is InChI=1S/C17H27NO2/c1-12-5-8-16(15(9-12)17(2,3)4)19-11-14-7-6-13(10-18)20-14/h5,8-9,13-14H,6-7,10-11,18H2,1-4H3. The third-order valence-electron chi connectivity index (χ3n) is 3.83.